The molecule has 1 amide bonds. The molecule has 0 aliphatic carbocycles. The number of esters is 1. The van der Waals surface area contributed by atoms with E-state index in [1.54, 1.807) is 47.7 Å². The normalized spacial score (nSPS) is 15.4. The lowest BCUT2D eigenvalue weighted by atomic mass is 9.89. The first-order chi connectivity index (χ1) is 14.5. The number of aromatic nitrogens is 1. The maximum Gasteiger partial charge on any atom is 0.410 e. The van der Waals surface area contributed by atoms with Crippen molar-refractivity contribution in [1.29, 1.82) is 0 Å². The van der Waals surface area contributed by atoms with E-state index in [1.807, 2.05) is 27.0 Å². The van der Waals surface area contributed by atoms with Crippen molar-refractivity contribution in [3.63, 3.8) is 0 Å². The van der Waals surface area contributed by atoms with Crippen molar-refractivity contribution < 1.29 is 24.2 Å². The third-order valence-electron chi connectivity index (χ3n) is 5.15. The molecule has 2 aromatic rings. The molecule has 1 aliphatic heterocycles. The van der Waals surface area contributed by atoms with Gasteiger partial charge in [-0.05, 0) is 51.0 Å². The summed E-state index contributed by atoms with van der Waals surface area (Å²) in [5.41, 5.74) is 1.60. The second-order valence-corrected chi connectivity index (χ2v) is 9.15. The molecule has 1 saturated heterocycles. The topological polar surface area (TPSA) is 81.0 Å². The van der Waals surface area contributed by atoms with E-state index in [0.717, 1.165) is 5.56 Å². The zero-order valence-corrected chi connectivity index (χ0v) is 19.3. The molecule has 0 bridgehead atoms. The molecule has 0 spiro atoms. The highest BCUT2D eigenvalue weighted by molar-refractivity contribution is 6.30. The number of likely N-dealkylation sites (tertiary alicyclic amines) is 1. The summed E-state index contributed by atoms with van der Waals surface area (Å²) in [5, 5.41) is 11.6. The van der Waals surface area contributed by atoms with Crippen LogP contribution in [0.5, 0.6) is 0 Å². The van der Waals surface area contributed by atoms with Crippen LogP contribution < -0.4 is 0 Å². The molecular formula is C23H29ClN2O5. The van der Waals surface area contributed by atoms with Gasteiger partial charge < -0.3 is 24.0 Å². The summed E-state index contributed by atoms with van der Waals surface area (Å²) in [5.74, 6) is -0.541. The van der Waals surface area contributed by atoms with Crippen LogP contribution in [-0.2, 0) is 16.5 Å². The number of aliphatic hydroxyl groups is 1. The zero-order valence-electron chi connectivity index (χ0n) is 18.5. The van der Waals surface area contributed by atoms with E-state index in [2.05, 4.69) is 0 Å². The lowest BCUT2D eigenvalue weighted by Gasteiger charge is -2.40. The minimum Gasteiger partial charge on any atom is -0.462 e. The van der Waals surface area contributed by atoms with Gasteiger partial charge in [0.05, 0.1) is 17.9 Å². The van der Waals surface area contributed by atoms with Gasteiger partial charge in [0.1, 0.15) is 11.7 Å². The number of benzene rings is 1. The number of hydrogen-bond donors (Lipinski definition) is 1. The number of amides is 1. The van der Waals surface area contributed by atoms with Crippen LogP contribution in [0.1, 0.15) is 66.9 Å². The van der Waals surface area contributed by atoms with Crippen LogP contribution in [0.3, 0.4) is 0 Å². The van der Waals surface area contributed by atoms with Gasteiger partial charge in [0.2, 0.25) is 0 Å². The number of aliphatic hydroxyl groups excluding tert-OH is 1. The van der Waals surface area contributed by atoms with Gasteiger partial charge in [0.15, 0.2) is 0 Å². The van der Waals surface area contributed by atoms with Crippen molar-refractivity contribution in [3.05, 3.63) is 57.9 Å². The number of rotatable bonds is 5. The molecule has 8 heteroatoms. The molecule has 1 aromatic carbocycles. The SMILES string of the molecule is CCOC(=O)c1c(C2CN(C(=O)OC(C)(C)C)C2)cn(C)c1C(O)c1ccc(Cl)cc1. The predicted octanol–water partition coefficient (Wildman–Crippen LogP) is 4.27. The van der Waals surface area contributed by atoms with Gasteiger partial charge in [0, 0.05) is 37.3 Å². The van der Waals surface area contributed by atoms with E-state index < -0.39 is 17.7 Å². The Labute approximate surface area is 187 Å². The molecule has 1 aliphatic rings. The Balaban J connectivity index is 1.90. The summed E-state index contributed by atoms with van der Waals surface area (Å²) in [6, 6.07) is 6.83. The molecule has 0 saturated carbocycles. The van der Waals surface area contributed by atoms with Crippen molar-refractivity contribution in [2.24, 2.45) is 7.05 Å². The Hall–Kier alpha value is -2.51. The Morgan fingerprint density at radius 2 is 1.84 bits per heavy atom. The Bertz CT molecular complexity index is 956. The summed E-state index contributed by atoms with van der Waals surface area (Å²) in [6.07, 6.45) is 0.425. The molecule has 7 nitrogen and oxygen atoms in total. The van der Waals surface area contributed by atoms with Gasteiger partial charge in [-0.25, -0.2) is 9.59 Å². The summed E-state index contributed by atoms with van der Waals surface area (Å²) in [4.78, 5) is 26.8. The number of ether oxygens (including phenoxy) is 2. The first kappa shape index (κ1) is 23.2. The van der Waals surface area contributed by atoms with Crippen LogP contribution in [0.25, 0.3) is 0 Å². The van der Waals surface area contributed by atoms with Gasteiger partial charge in [-0.15, -0.1) is 0 Å². The third-order valence-corrected chi connectivity index (χ3v) is 5.41. The van der Waals surface area contributed by atoms with E-state index in [1.165, 1.54) is 0 Å². The average molecular weight is 449 g/mol. The molecular weight excluding hydrogens is 420 g/mol. The number of halogens is 1. The van der Waals surface area contributed by atoms with E-state index >= 15 is 0 Å². The quantitative estimate of drug-likeness (QED) is 0.691. The minimum absolute atomic E-state index is 0.0516. The van der Waals surface area contributed by atoms with Crippen molar-refractivity contribution in [1.82, 2.24) is 9.47 Å². The average Bonchev–Trinajstić information content (AvgIpc) is 2.96. The molecule has 1 N–H and O–H groups in total. The van der Waals surface area contributed by atoms with Gasteiger partial charge in [-0.2, -0.15) is 0 Å². The van der Waals surface area contributed by atoms with Crippen molar-refractivity contribution in [2.75, 3.05) is 19.7 Å². The summed E-state index contributed by atoms with van der Waals surface area (Å²) < 4.78 is 12.5. The zero-order chi connectivity index (χ0) is 22.9. The van der Waals surface area contributed by atoms with E-state index in [-0.39, 0.29) is 18.6 Å². The molecule has 3 rings (SSSR count). The van der Waals surface area contributed by atoms with Crippen LogP contribution in [-0.4, -0.2) is 51.9 Å². The maximum atomic E-state index is 12.9. The first-order valence-corrected chi connectivity index (χ1v) is 10.7. The van der Waals surface area contributed by atoms with Crippen molar-refractivity contribution in [3.8, 4) is 0 Å². The molecule has 31 heavy (non-hydrogen) atoms. The third kappa shape index (κ3) is 5.05. The van der Waals surface area contributed by atoms with Crippen molar-refractivity contribution >= 4 is 23.7 Å². The van der Waals surface area contributed by atoms with Crippen LogP contribution in [0, 0.1) is 0 Å². The smallest absolute Gasteiger partial charge is 0.410 e. The minimum atomic E-state index is -1.03. The summed E-state index contributed by atoms with van der Waals surface area (Å²) in [6.45, 7) is 8.29. The number of carbonyl (C=O) groups excluding carboxylic acids is 2. The fraction of sp³-hybridized carbons (Fsp3) is 0.478. The molecule has 1 atom stereocenters. The summed E-state index contributed by atoms with van der Waals surface area (Å²) >= 11 is 5.96. The fourth-order valence-corrected chi connectivity index (χ4v) is 3.81. The number of carbonyl (C=O) groups is 2. The Morgan fingerprint density at radius 3 is 2.39 bits per heavy atom. The molecule has 168 valence electrons. The standard InChI is InChI=1S/C23H29ClN2O5/c1-6-30-21(28)18-17(15-11-26(12-15)22(29)31-23(2,3)4)13-25(5)19(18)20(27)14-7-9-16(24)10-8-14/h7-10,13,15,20,27H,6,11-12H2,1-5H3. The monoisotopic (exact) mass is 448 g/mol. The highest BCUT2D eigenvalue weighted by Crippen LogP contribution is 2.37. The number of hydrogen-bond acceptors (Lipinski definition) is 5. The Kier molecular flexibility index (Phi) is 6.67. The highest BCUT2D eigenvalue weighted by atomic mass is 35.5. The predicted molar refractivity (Wildman–Crippen MR) is 117 cm³/mol. The molecule has 1 unspecified atom stereocenters. The van der Waals surface area contributed by atoms with Crippen LogP contribution >= 0.6 is 11.6 Å². The van der Waals surface area contributed by atoms with E-state index in [9.17, 15) is 14.7 Å². The van der Waals surface area contributed by atoms with Gasteiger partial charge in [-0.1, -0.05) is 23.7 Å². The lowest BCUT2D eigenvalue weighted by Crippen LogP contribution is -2.50. The van der Waals surface area contributed by atoms with Crippen LogP contribution in [0.2, 0.25) is 5.02 Å². The van der Waals surface area contributed by atoms with Gasteiger partial charge in [0.25, 0.3) is 0 Å². The maximum absolute atomic E-state index is 12.9. The largest absolute Gasteiger partial charge is 0.462 e. The Morgan fingerprint density at radius 1 is 1.23 bits per heavy atom. The number of aryl methyl sites for hydroxylation is 1. The van der Waals surface area contributed by atoms with Crippen molar-refractivity contribution in [2.45, 2.75) is 45.3 Å². The van der Waals surface area contributed by atoms with Crippen LogP contribution in [0.15, 0.2) is 30.5 Å². The summed E-state index contributed by atoms with van der Waals surface area (Å²) in [7, 11) is 1.78. The molecule has 1 fully saturated rings. The van der Waals surface area contributed by atoms with E-state index in [0.29, 0.717) is 34.9 Å². The van der Waals surface area contributed by atoms with Crippen LogP contribution in [0.4, 0.5) is 4.79 Å². The van der Waals surface area contributed by atoms with E-state index in [4.69, 9.17) is 21.1 Å². The fourth-order valence-electron chi connectivity index (χ4n) is 3.69. The molecule has 1 aromatic heterocycles. The first-order valence-electron chi connectivity index (χ1n) is 10.3. The second kappa shape index (κ2) is 8.93. The second-order valence-electron chi connectivity index (χ2n) is 8.71. The van der Waals surface area contributed by atoms with Gasteiger partial charge in [-0.3, -0.25) is 0 Å². The molecule has 2 heterocycles. The van der Waals surface area contributed by atoms with Gasteiger partial charge >= 0.3 is 12.1 Å². The highest BCUT2D eigenvalue weighted by Gasteiger charge is 2.39. The lowest BCUT2D eigenvalue weighted by molar-refractivity contribution is 0.00811. The number of nitrogens with zero attached hydrogens (tertiary/aromatic N) is 2. The molecule has 0 radical (unpaired) electrons.